The summed E-state index contributed by atoms with van der Waals surface area (Å²) in [5.74, 6) is 0.657. The number of oxazole rings is 1. The monoisotopic (exact) mass is 400 g/mol. The molecule has 0 amide bonds. The molecular weight excluding hydrogens is 380 g/mol. The van der Waals surface area contributed by atoms with Gasteiger partial charge in [0.05, 0.1) is 0 Å². The number of rotatable bonds is 1. The predicted octanol–water partition coefficient (Wildman–Crippen LogP) is 7.44. The smallest absolute Gasteiger partial charge is 0.227 e. The van der Waals surface area contributed by atoms with Crippen LogP contribution in [0.5, 0.6) is 0 Å². The Labute approximate surface area is 179 Å². The largest absolute Gasteiger partial charge is 0.436 e. The van der Waals surface area contributed by atoms with Crippen LogP contribution in [0.3, 0.4) is 0 Å². The van der Waals surface area contributed by atoms with E-state index >= 15 is 0 Å². The summed E-state index contributed by atoms with van der Waals surface area (Å²) in [4.78, 5) is 8.36. The summed E-state index contributed by atoms with van der Waals surface area (Å²) >= 11 is 0. The maximum Gasteiger partial charge on any atom is 0.227 e. The Bertz CT molecular complexity index is 1650. The minimum absolute atomic E-state index is 0.0134. The van der Waals surface area contributed by atoms with Gasteiger partial charge in [-0.3, -0.25) is 0 Å². The summed E-state index contributed by atoms with van der Waals surface area (Å²) in [6.07, 6.45) is 0. The molecule has 0 saturated heterocycles. The van der Waals surface area contributed by atoms with Crippen molar-refractivity contribution in [2.75, 3.05) is 0 Å². The molecule has 0 radical (unpaired) electrons. The van der Waals surface area contributed by atoms with Crippen LogP contribution < -0.4 is 0 Å². The minimum atomic E-state index is -0.0134. The molecule has 0 saturated carbocycles. The van der Waals surface area contributed by atoms with Gasteiger partial charge in [0.1, 0.15) is 5.52 Å². The maximum absolute atomic E-state index is 6.14. The Morgan fingerprint density at radius 3 is 2.35 bits per heavy atom. The number of fused-ring (bicyclic) bond motifs is 7. The molecule has 3 nitrogen and oxygen atoms in total. The lowest BCUT2D eigenvalue weighted by atomic mass is 9.82. The molecule has 0 aliphatic heterocycles. The van der Waals surface area contributed by atoms with Crippen molar-refractivity contribution >= 4 is 32.9 Å². The van der Waals surface area contributed by atoms with Crippen molar-refractivity contribution in [1.29, 1.82) is 0 Å². The molecule has 0 spiro atoms. The van der Waals surface area contributed by atoms with Gasteiger partial charge in [-0.1, -0.05) is 56.3 Å². The van der Waals surface area contributed by atoms with Gasteiger partial charge in [0, 0.05) is 32.8 Å². The van der Waals surface area contributed by atoms with E-state index in [-0.39, 0.29) is 5.41 Å². The number of hydrogen-bond acceptors (Lipinski definition) is 2. The number of hydrogen-bond donors (Lipinski definition) is 1. The van der Waals surface area contributed by atoms with Crippen LogP contribution in [0.15, 0.2) is 83.3 Å². The first kappa shape index (κ1) is 16.9. The predicted molar refractivity (Wildman–Crippen MR) is 126 cm³/mol. The van der Waals surface area contributed by atoms with Gasteiger partial charge in [-0.25, -0.2) is 4.98 Å². The molecule has 7 rings (SSSR count). The second-order valence-electron chi connectivity index (χ2n) is 8.99. The zero-order valence-corrected chi connectivity index (χ0v) is 17.4. The van der Waals surface area contributed by atoms with E-state index in [1.54, 1.807) is 0 Å². The van der Waals surface area contributed by atoms with Gasteiger partial charge in [-0.05, 0) is 58.7 Å². The SMILES string of the molecule is CC1(C)c2ccccc2-c2cc3[nH]c4cc5nc(-c6ccccc6)oc5cc4c3cc21. The van der Waals surface area contributed by atoms with E-state index in [2.05, 4.69) is 67.4 Å². The van der Waals surface area contributed by atoms with Crippen LogP contribution >= 0.6 is 0 Å². The van der Waals surface area contributed by atoms with Gasteiger partial charge in [-0.2, -0.15) is 0 Å². The molecule has 0 unspecified atom stereocenters. The number of aromatic nitrogens is 2. The van der Waals surface area contributed by atoms with Crippen molar-refractivity contribution in [3.8, 4) is 22.6 Å². The van der Waals surface area contributed by atoms with E-state index < -0.39 is 0 Å². The van der Waals surface area contributed by atoms with Gasteiger partial charge in [0.25, 0.3) is 0 Å². The Morgan fingerprint density at radius 2 is 1.48 bits per heavy atom. The first-order valence-corrected chi connectivity index (χ1v) is 10.7. The van der Waals surface area contributed by atoms with Gasteiger partial charge >= 0.3 is 0 Å². The molecule has 2 aromatic heterocycles. The summed E-state index contributed by atoms with van der Waals surface area (Å²) in [7, 11) is 0. The second kappa shape index (κ2) is 5.64. The molecule has 6 aromatic rings. The molecule has 1 N–H and O–H groups in total. The van der Waals surface area contributed by atoms with Crippen molar-refractivity contribution in [2.24, 2.45) is 0 Å². The standard InChI is InChI=1S/C28H20N2O/c1-28(2)21-11-7-6-10-17(21)18-13-23-19(12-22(18)28)20-14-26-25(15-24(20)29-23)30-27(31-26)16-8-4-3-5-9-16/h3-15,29H,1-2H3. The van der Waals surface area contributed by atoms with Crippen LogP contribution in [0.4, 0.5) is 0 Å². The average molecular weight is 400 g/mol. The molecule has 4 aromatic carbocycles. The third kappa shape index (κ3) is 2.21. The minimum Gasteiger partial charge on any atom is -0.436 e. The Morgan fingerprint density at radius 1 is 0.742 bits per heavy atom. The molecule has 148 valence electrons. The van der Waals surface area contributed by atoms with E-state index in [1.165, 1.54) is 33.0 Å². The molecule has 0 bridgehead atoms. The van der Waals surface area contributed by atoms with Crippen LogP contribution in [0, 0.1) is 0 Å². The Balaban J connectivity index is 1.48. The topological polar surface area (TPSA) is 41.8 Å². The van der Waals surface area contributed by atoms with Crippen molar-refractivity contribution < 1.29 is 4.42 Å². The van der Waals surface area contributed by atoms with Crippen LogP contribution in [0.2, 0.25) is 0 Å². The zero-order valence-electron chi connectivity index (χ0n) is 17.4. The lowest BCUT2D eigenvalue weighted by Gasteiger charge is -2.21. The third-order valence-corrected chi connectivity index (χ3v) is 6.83. The number of nitrogens with zero attached hydrogens (tertiary/aromatic N) is 1. The Kier molecular flexibility index (Phi) is 3.07. The third-order valence-electron chi connectivity index (χ3n) is 6.83. The van der Waals surface area contributed by atoms with Gasteiger partial charge in [0.2, 0.25) is 5.89 Å². The number of aromatic amines is 1. The fraction of sp³-hybridized carbons (Fsp3) is 0.107. The van der Waals surface area contributed by atoms with Gasteiger partial charge in [0.15, 0.2) is 5.58 Å². The molecule has 1 aliphatic rings. The summed E-state index contributed by atoms with van der Waals surface area (Å²) in [5.41, 5.74) is 10.3. The second-order valence-corrected chi connectivity index (χ2v) is 8.99. The van der Waals surface area contributed by atoms with E-state index in [1.807, 2.05) is 30.3 Å². The first-order valence-electron chi connectivity index (χ1n) is 10.7. The van der Waals surface area contributed by atoms with E-state index in [9.17, 15) is 0 Å². The molecule has 2 heterocycles. The highest BCUT2D eigenvalue weighted by Crippen LogP contribution is 2.50. The van der Waals surface area contributed by atoms with E-state index in [4.69, 9.17) is 9.40 Å². The Hall–Kier alpha value is -3.85. The summed E-state index contributed by atoms with van der Waals surface area (Å²) in [6, 6.07) is 27.7. The van der Waals surface area contributed by atoms with Crippen LogP contribution in [-0.2, 0) is 5.41 Å². The van der Waals surface area contributed by atoms with E-state index in [0.29, 0.717) is 5.89 Å². The summed E-state index contributed by atoms with van der Waals surface area (Å²) in [5, 5.41) is 2.40. The number of nitrogens with one attached hydrogen (secondary N) is 1. The van der Waals surface area contributed by atoms with Crippen LogP contribution in [-0.4, -0.2) is 9.97 Å². The molecule has 0 atom stereocenters. The number of benzene rings is 4. The van der Waals surface area contributed by atoms with Crippen molar-refractivity contribution in [2.45, 2.75) is 19.3 Å². The quantitative estimate of drug-likeness (QED) is 0.312. The van der Waals surface area contributed by atoms with Crippen molar-refractivity contribution in [3.05, 3.63) is 90.0 Å². The van der Waals surface area contributed by atoms with E-state index in [0.717, 1.165) is 27.7 Å². The molecular formula is C28H20N2O. The normalized spacial score (nSPS) is 14.4. The first-order chi connectivity index (χ1) is 15.1. The van der Waals surface area contributed by atoms with Gasteiger partial charge < -0.3 is 9.40 Å². The average Bonchev–Trinajstić information content (AvgIpc) is 3.42. The fourth-order valence-corrected chi connectivity index (χ4v) is 5.22. The lowest BCUT2D eigenvalue weighted by Crippen LogP contribution is -2.14. The zero-order chi connectivity index (χ0) is 20.7. The summed E-state index contributed by atoms with van der Waals surface area (Å²) in [6.45, 7) is 4.64. The fourth-order valence-electron chi connectivity index (χ4n) is 5.22. The molecule has 31 heavy (non-hydrogen) atoms. The van der Waals surface area contributed by atoms with Crippen LogP contribution in [0.1, 0.15) is 25.0 Å². The van der Waals surface area contributed by atoms with Crippen molar-refractivity contribution in [3.63, 3.8) is 0 Å². The lowest BCUT2D eigenvalue weighted by molar-refractivity contribution is 0.620. The highest BCUT2D eigenvalue weighted by molar-refractivity contribution is 6.12. The highest BCUT2D eigenvalue weighted by atomic mass is 16.3. The maximum atomic E-state index is 6.14. The number of H-pyrrole nitrogens is 1. The van der Waals surface area contributed by atoms with Crippen LogP contribution in [0.25, 0.3) is 55.5 Å². The molecule has 3 heteroatoms. The van der Waals surface area contributed by atoms with Gasteiger partial charge in [-0.15, -0.1) is 0 Å². The molecule has 0 fully saturated rings. The highest BCUT2D eigenvalue weighted by Gasteiger charge is 2.35. The van der Waals surface area contributed by atoms with Crippen molar-refractivity contribution in [1.82, 2.24) is 9.97 Å². The summed E-state index contributed by atoms with van der Waals surface area (Å²) < 4.78 is 6.14. The molecule has 1 aliphatic carbocycles.